The van der Waals surface area contributed by atoms with Crippen molar-refractivity contribution in [2.75, 3.05) is 39.8 Å². The van der Waals surface area contributed by atoms with Crippen molar-refractivity contribution < 1.29 is 23.1 Å². The van der Waals surface area contributed by atoms with Crippen molar-refractivity contribution in [3.8, 4) is 0 Å². The van der Waals surface area contributed by atoms with Crippen LogP contribution in [0, 0.1) is 23.5 Å². The minimum absolute atomic E-state index is 0.0379. The fourth-order valence-electron chi connectivity index (χ4n) is 5.67. The molecule has 0 bridgehead atoms. The fraction of sp³-hybridized carbons (Fsp3) is 0.714. The topological polar surface area (TPSA) is 82.7 Å². The number of carbonyl (C=O) groups is 2. The van der Waals surface area contributed by atoms with E-state index in [2.05, 4.69) is 16.0 Å². The van der Waals surface area contributed by atoms with E-state index in [1.807, 2.05) is 14.0 Å². The van der Waals surface area contributed by atoms with Gasteiger partial charge >= 0.3 is 6.03 Å². The summed E-state index contributed by atoms with van der Waals surface area (Å²) < 4.78 is 34.8. The van der Waals surface area contributed by atoms with Gasteiger partial charge in [-0.25, -0.2) is 13.6 Å². The first kappa shape index (κ1) is 29.3. The molecule has 3 amide bonds. The Hall–Kier alpha value is -2.26. The quantitative estimate of drug-likeness (QED) is 0.377. The lowest BCUT2D eigenvalue weighted by atomic mass is 9.85. The Bertz CT molecular complexity index is 866. The molecular weight excluding hydrogens is 478 g/mol. The number of ether oxygens (including phenoxy) is 1. The molecule has 208 valence electrons. The summed E-state index contributed by atoms with van der Waals surface area (Å²) in [5.74, 6) is -1.86. The molecule has 0 aromatic heterocycles. The molecule has 1 saturated carbocycles. The van der Waals surface area contributed by atoms with E-state index in [9.17, 15) is 18.4 Å². The van der Waals surface area contributed by atoms with Crippen molar-refractivity contribution in [1.29, 1.82) is 0 Å². The molecule has 1 aliphatic heterocycles. The average molecular weight is 523 g/mol. The number of halogens is 2. The number of urea groups is 1. The Morgan fingerprint density at radius 1 is 1.14 bits per heavy atom. The van der Waals surface area contributed by atoms with Crippen molar-refractivity contribution in [3.63, 3.8) is 0 Å². The molecule has 1 aliphatic carbocycles. The highest BCUT2D eigenvalue weighted by Gasteiger charge is 2.34. The number of amides is 3. The third kappa shape index (κ3) is 8.92. The van der Waals surface area contributed by atoms with Crippen LogP contribution in [0.5, 0.6) is 0 Å². The number of nitrogens with one attached hydrogen (secondary N) is 3. The Balaban J connectivity index is 1.68. The second-order valence-electron chi connectivity index (χ2n) is 10.5. The summed E-state index contributed by atoms with van der Waals surface area (Å²) >= 11 is 0. The molecule has 3 N–H and O–H groups in total. The van der Waals surface area contributed by atoms with Gasteiger partial charge in [-0.2, -0.15) is 0 Å². The van der Waals surface area contributed by atoms with E-state index in [1.54, 1.807) is 4.90 Å². The predicted octanol–water partition coefficient (Wildman–Crippen LogP) is 4.53. The highest BCUT2D eigenvalue weighted by Crippen LogP contribution is 2.35. The third-order valence-corrected chi connectivity index (χ3v) is 7.55. The molecule has 0 spiro atoms. The van der Waals surface area contributed by atoms with Crippen LogP contribution in [0.25, 0.3) is 0 Å². The number of hydrogen-bond acceptors (Lipinski definition) is 4. The Morgan fingerprint density at radius 2 is 1.92 bits per heavy atom. The molecule has 3 rings (SSSR count). The summed E-state index contributed by atoms with van der Waals surface area (Å²) in [7, 11) is 1.89. The Kier molecular flexibility index (Phi) is 12.1. The molecule has 1 saturated heterocycles. The molecule has 7 nitrogen and oxygen atoms in total. The molecule has 2 fully saturated rings. The first-order valence-corrected chi connectivity index (χ1v) is 13.9. The van der Waals surface area contributed by atoms with Crippen LogP contribution in [0.2, 0.25) is 0 Å². The van der Waals surface area contributed by atoms with E-state index in [-0.39, 0.29) is 36.1 Å². The summed E-state index contributed by atoms with van der Waals surface area (Å²) in [6.45, 7) is 3.85. The highest BCUT2D eigenvalue weighted by atomic mass is 19.2. The summed E-state index contributed by atoms with van der Waals surface area (Å²) in [5.41, 5.74) is 0.0842. The van der Waals surface area contributed by atoms with Crippen LogP contribution in [-0.4, -0.2) is 62.7 Å². The van der Waals surface area contributed by atoms with Crippen LogP contribution in [0.15, 0.2) is 18.2 Å². The van der Waals surface area contributed by atoms with Crippen molar-refractivity contribution in [3.05, 3.63) is 35.4 Å². The standard InChI is InChI=1S/C28H44F2N4O3/c1-3-14-32-25(35)19-37-27(23-12-7-13-24(29)26(23)30)21-11-8-15-34(18-21)28(36)33-22(17-31-2)16-20-9-5-4-6-10-20/h7,12-13,20-22,27,31H,3-6,8-11,14-19H2,1-2H3,(H,32,35)(H,33,36). The zero-order valence-electron chi connectivity index (χ0n) is 22.4. The number of likely N-dealkylation sites (N-methyl/N-ethyl adjacent to an activating group) is 1. The van der Waals surface area contributed by atoms with E-state index in [0.29, 0.717) is 38.5 Å². The van der Waals surface area contributed by atoms with Crippen LogP contribution in [0.3, 0.4) is 0 Å². The third-order valence-electron chi connectivity index (χ3n) is 7.55. The monoisotopic (exact) mass is 522 g/mol. The highest BCUT2D eigenvalue weighted by molar-refractivity contribution is 5.77. The molecular formula is C28H44F2N4O3. The average Bonchev–Trinajstić information content (AvgIpc) is 2.90. The van der Waals surface area contributed by atoms with Crippen LogP contribution < -0.4 is 16.0 Å². The largest absolute Gasteiger partial charge is 0.363 e. The van der Waals surface area contributed by atoms with Gasteiger partial charge in [0.25, 0.3) is 0 Å². The van der Waals surface area contributed by atoms with Gasteiger partial charge in [0.05, 0.1) is 6.10 Å². The van der Waals surface area contributed by atoms with Crippen molar-refractivity contribution >= 4 is 11.9 Å². The first-order chi connectivity index (χ1) is 17.9. The maximum Gasteiger partial charge on any atom is 0.317 e. The van der Waals surface area contributed by atoms with Gasteiger partial charge in [0.2, 0.25) is 5.91 Å². The number of benzene rings is 1. The maximum absolute atomic E-state index is 14.8. The predicted molar refractivity (Wildman–Crippen MR) is 140 cm³/mol. The zero-order valence-corrected chi connectivity index (χ0v) is 22.4. The molecule has 9 heteroatoms. The normalized spacial score (nSPS) is 20.3. The lowest BCUT2D eigenvalue weighted by molar-refractivity contribution is -0.129. The van der Waals surface area contributed by atoms with Gasteiger partial charge in [-0.3, -0.25) is 4.79 Å². The van der Waals surface area contributed by atoms with E-state index in [0.717, 1.165) is 25.3 Å². The molecule has 1 aromatic rings. The second-order valence-corrected chi connectivity index (χ2v) is 10.5. The number of likely N-dealkylation sites (tertiary alicyclic amines) is 1. The van der Waals surface area contributed by atoms with E-state index in [4.69, 9.17) is 4.74 Å². The zero-order chi connectivity index (χ0) is 26.6. The van der Waals surface area contributed by atoms with Gasteiger partial charge in [-0.15, -0.1) is 0 Å². The molecule has 3 atom stereocenters. The Morgan fingerprint density at radius 3 is 2.65 bits per heavy atom. The summed E-state index contributed by atoms with van der Waals surface area (Å²) in [4.78, 5) is 27.2. The van der Waals surface area contributed by atoms with Crippen LogP contribution >= 0.6 is 0 Å². The van der Waals surface area contributed by atoms with Crippen LogP contribution in [0.4, 0.5) is 13.6 Å². The molecule has 1 aromatic carbocycles. The van der Waals surface area contributed by atoms with E-state index in [1.165, 1.54) is 44.2 Å². The lowest BCUT2D eigenvalue weighted by Gasteiger charge is -2.38. The van der Waals surface area contributed by atoms with Gasteiger partial charge in [0.15, 0.2) is 11.6 Å². The molecule has 2 aliphatic rings. The number of carbonyl (C=O) groups excluding carboxylic acids is 2. The lowest BCUT2D eigenvalue weighted by Crippen LogP contribution is -2.52. The van der Waals surface area contributed by atoms with Crippen molar-refractivity contribution in [1.82, 2.24) is 20.9 Å². The molecule has 3 unspecified atom stereocenters. The minimum atomic E-state index is -0.968. The van der Waals surface area contributed by atoms with Crippen molar-refractivity contribution in [2.45, 2.75) is 76.9 Å². The van der Waals surface area contributed by atoms with Crippen LogP contribution in [0.1, 0.15) is 76.4 Å². The smallest absolute Gasteiger partial charge is 0.317 e. The van der Waals surface area contributed by atoms with E-state index < -0.39 is 17.7 Å². The summed E-state index contributed by atoms with van der Waals surface area (Å²) in [5, 5.41) is 9.16. The molecule has 0 radical (unpaired) electrons. The number of piperidine rings is 1. The maximum atomic E-state index is 14.8. The van der Waals surface area contributed by atoms with Gasteiger partial charge in [-0.05, 0) is 44.7 Å². The Labute approximate surface area is 220 Å². The van der Waals surface area contributed by atoms with Crippen LogP contribution in [-0.2, 0) is 9.53 Å². The second kappa shape index (κ2) is 15.2. The number of rotatable bonds is 12. The van der Waals surface area contributed by atoms with Gasteiger partial charge in [0, 0.05) is 43.7 Å². The number of hydrogen-bond donors (Lipinski definition) is 3. The van der Waals surface area contributed by atoms with E-state index >= 15 is 0 Å². The van der Waals surface area contributed by atoms with Gasteiger partial charge in [0.1, 0.15) is 6.61 Å². The fourth-order valence-corrected chi connectivity index (χ4v) is 5.67. The molecule has 37 heavy (non-hydrogen) atoms. The number of nitrogens with zero attached hydrogens (tertiary/aromatic N) is 1. The molecule has 1 heterocycles. The van der Waals surface area contributed by atoms with Crippen molar-refractivity contribution in [2.24, 2.45) is 11.8 Å². The first-order valence-electron chi connectivity index (χ1n) is 13.9. The van der Waals surface area contributed by atoms with Gasteiger partial charge in [-0.1, -0.05) is 51.2 Å². The summed E-state index contributed by atoms with van der Waals surface area (Å²) in [6.07, 6.45) is 8.54. The SMILES string of the molecule is CCCNC(=O)COC(c1cccc(F)c1F)C1CCCN(C(=O)NC(CNC)CC2CCCCC2)C1. The van der Waals surface area contributed by atoms with Gasteiger partial charge < -0.3 is 25.6 Å². The summed E-state index contributed by atoms with van der Waals surface area (Å²) in [6, 6.07) is 3.91. The minimum Gasteiger partial charge on any atom is -0.363 e.